The van der Waals surface area contributed by atoms with Gasteiger partial charge in [-0.1, -0.05) is 25.7 Å². The van der Waals surface area contributed by atoms with E-state index in [0.29, 0.717) is 11.7 Å². The Morgan fingerprint density at radius 2 is 1.95 bits per heavy atom. The standard InChI is InChI=1S/C14H22N2O2S/c1-10-12(13(17)18-3)15-14(19-10)16(2)11-8-6-4-5-7-9-11/h11H,4-9H2,1-3H3. The van der Waals surface area contributed by atoms with E-state index in [2.05, 4.69) is 16.9 Å². The first-order chi connectivity index (χ1) is 9.13. The van der Waals surface area contributed by atoms with Crippen LogP contribution >= 0.6 is 11.3 Å². The van der Waals surface area contributed by atoms with Crippen molar-refractivity contribution in [2.75, 3.05) is 19.1 Å². The summed E-state index contributed by atoms with van der Waals surface area (Å²) in [5.41, 5.74) is 0.461. The molecule has 2 rings (SSSR count). The number of ether oxygens (including phenoxy) is 1. The van der Waals surface area contributed by atoms with Crippen LogP contribution in [-0.2, 0) is 4.74 Å². The number of aromatic nitrogens is 1. The summed E-state index contributed by atoms with van der Waals surface area (Å²) in [5, 5.41) is 0.935. The minimum Gasteiger partial charge on any atom is -0.464 e. The molecule has 0 bridgehead atoms. The van der Waals surface area contributed by atoms with E-state index in [0.717, 1.165) is 10.0 Å². The number of carbonyl (C=O) groups is 1. The van der Waals surface area contributed by atoms with Gasteiger partial charge in [0.25, 0.3) is 0 Å². The third-order valence-corrected chi connectivity index (χ3v) is 4.90. The van der Waals surface area contributed by atoms with Crippen molar-refractivity contribution >= 4 is 22.4 Å². The average Bonchev–Trinajstić information content (AvgIpc) is 2.65. The van der Waals surface area contributed by atoms with Crippen LogP contribution in [0.25, 0.3) is 0 Å². The van der Waals surface area contributed by atoms with Crippen LogP contribution in [0.3, 0.4) is 0 Å². The minimum atomic E-state index is -0.339. The third kappa shape index (κ3) is 3.26. The number of hydrogen-bond acceptors (Lipinski definition) is 5. The van der Waals surface area contributed by atoms with Crippen molar-refractivity contribution in [3.05, 3.63) is 10.6 Å². The maximum atomic E-state index is 11.6. The summed E-state index contributed by atoms with van der Waals surface area (Å²) in [6, 6.07) is 0.554. The fourth-order valence-corrected chi connectivity index (χ4v) is 3.55. The first-order valence-electron chi connectivity index (χ1n) is 6.92. The van der Waals surface area contributed by atoms with Gasteiger partial charge in [0.15, 0.2) is 10.8 Å². The number of thiazole rings is 1. The minimum absolute atomic E-state index is 0.339. The second kappa shape index (κ2) is 6.37. The van der Waals surface area contributed by atoms with Gasteiger partial charge in [-0.15, -0.1) is 11.3 Å². The van der Waals surface area contributed by atoms with Crippen molar-refractivity contribution in [2.24, 2.45) is 0 Å². The topological polar surface area (TPSA) is 42.4 Å². The van der Waals surface area contributed by atoms with Crippen LogP contribution in [-0.4, -0.2) is 31.2 Å². The van der Waals surface area contributed by atoms with E-state index in [1.807, 2.05) is 6.92 Å². The quantitative estimate of drug-likeness (QED) is 0.629. The maximum Gasteiger partial charge on any atom is 0.357 e. The Morgan fingerprint density at radius 1 is 1.32 bits per heavy atom. The molecule has 0 amide bonds. The van der Waals surface area contributed by atoms with E-state index in [4.69, 9.17) is 4.74 Å². The van der Waals surface area contributed by atoms with Crippen molar-refractivity contribution in [1.29, 1.82) is 0 Å². The van der Waals surface area contributed by atoms with Crippen LogP contribution in [0.2, 0.25) is 0 Å². The molecule has 4 nitrogen and oxygen atoms in total. The summed E-state index contributed by atoms with van der Waals surface area (Å²) in [4.78, 5) is 19.2. The lowest BCUT2D eigenvalue weighted by Crippen LogP contribution is -2.31. The van der Waals surface area contributed by atoms with Gasteiger partial charge in [0.05, 0.1) is 7.11 Å². The SMILES string of the molecule is COC(=O)c1nc(N(C)C2CCCCCC2)sc1C. The van der Waals surface area contributed by atoms with Crippen molar-refractivity contribution in [3.63, 3.8) is 0 Å². The summed E-state index contributed by atoms with van der Waals surface area (Å²) >= 11 is 1.58. The van der Waals surface area contributed by atoms with Crippen LogP contribution in [0.15, 0.2) is 0 Å². The van der Waals surface area contributed by atoms with Gasteiger partial charge in [-0.25, -0.2) is 9.78 Å². The average molecular weight is 282 g/mol. The fourth-order valence-electron chi connectivity index (χ4n) is 2.62. The molecule has 0 saturated heterocycles. The van der Waals surface area contributed by atoms with Crippen molar-refractivity contribution in [1.82, 2.24) is 4.98 Å². The van der Waals surface area contributed by atoms with Crippen molar-refractivity contribution < 1.29 is 9.53 Å². The molecule has 0 unspecified atom stereocenters. The first-order valence-corrected chi connectivity index (χ1v) is 7.73. The molecule has 1 aromatic rings. The number of methoxy groups -OCH3 is 1. The molecule has 19 heavy (non-hydrogen) atoms. The highest BCUT2D eigenvalue weighted by Crippen LogP contribution is 2.30. The van der Waals surface area contributed by atoms with E-state index in [-0.39, 0.29) is 5.97 Å². The lowest BCUT2D eigenvalue weighted by molar-refractivity contribution is 0.0594. The van der Waals surface area contributed by atoms with E-state index < -0.39 is 0 Å². The number of rotatable bonds is 3. The van der Waals surface area contributed by atoms with Crippen LogP contribution in [0.5, 0.6) is 0 Å². The lowest BCUT2D eigenvalue weighted by atomic mass is 10.1. The third-order valence-electron chi connectivity index (χ3n) is 3.84. The van der Waals surface area contributed by atoms with Gasteiger partial charge in [-0.05, 0) is 19.8 Å². The summed E-state index contributed by atoms with van der Waals surface area (Å²) in [6.07, 6.45) is 7.72. The van der Waals surface area contributed by atoms with Gasteiger partial charge in [0.1, 0.15) is 0 Å². The molecule has 0 radical (unpaired) electrons. The second-order valence-corrected chi connectivity index (χ2v) is 6.33. The zero-order chi connectivity index (χ0) is 13.8. The zero-order valence-corrected chi connectivity index (χ0v) is 12.8. The zero-order valence-electron chi connectivity index (χ0n) is 11.9. The van der Waals surface area contributed by atoms with Gasteiger partial charge in [-0.3, -0.25) is 0 Å². The molecule has 0 spiro atoms. The van der Waals surface area contributed by atoms with Gasteiger partial charge in [0, 0.05) is 18.0 Å². The summed E-state index contributed by atoms with van der Waals surface area (Å²) < 4.78 is 4.76. The van der Waals surface area contributed by atoms with Gasteiger partial charge >= 0.3 is 5.97 Å². The summed E-state index contributed by atoms with van der Waals surface area (Å²) in [6.45, 7) is 1.92. The van der Waals surface area contributed by atoms with Crippen LogP contribution in [0.4, 0.5) is 5.13 Å². The highest BCUT2D eigenvalue weighted by atomic mass is 32.1. The van der Waals surface area contributed by atoms with Gasteiger partial charge in [0.2, 0.25) is 0 Å². The predicted octanol–water partition coefficient (Wildman–Crippen LogP) is 3.40. The number of hydrogen-bond donors (Lipinski definition) is 0. The highest BCUT2D eigenvalue weighted by molar-refractivity contribution is 7.15. The number of carbonyl (C=O) groups excluding carboxylic acids is 1. The molecule has 0 aliphatic heterocycles. The Labute approximate surface area is 118 Å². The lowest BCUT2D eigenvalue weighted by Gasteiger charge is -2.26. The Kier molecular flexibility index (Phi) is 4.80. The van der Waals surface area contributed by atoms with E-state index in [1.54, 1.807) is 11.3 Å². The molecule has 106 valence electrons. The number of nitrogens with zero attached hydrogens (tertiary/aromatic N) is 2. The summed E-state index contributed by atoms with van der Waals surface area (Å²) in [5.74, 6) is -0.339. The number of anilines is 1. The molecule has 1 aliphatic carbocycles. The van der Waals surface area contributed by atoms with Crippen LogP contribution in [0, 0.1) is 6.92 Å². The molecule has 0 atom stereocenters. The maximum absolute atomic E-state index is 11.6. The molecular formula is C14H22N2O2S. The molecule has 0 aromatic carbocycles. The van der Waals surface area contributed by atoms with E-state index in [9.17, 15) is 4.79 Å². The molecule has 1 heterocycles. The number of esters is 1. The molecule has 1 saturated carbocycles. The van der Waals surface area contributed by atoms with Gasteiger partial charge in [-0.2, -0.15) is 0 Å². The molecule has 1 aliphatic rings. The molecule has 5 heteroatoms. The molecule has 1 fully saturated rings. The first kappa shape index (κ1) is 14.3. The largest absolute Gasteiger partial charge is 0.464 e. The van der Waals surface area contributed by atoms with Gasteiger partial charge < -0.3 is 9.64 Å². The Bertz CT molecular complexity index is 437. The molecular weight excluding hydrogens is 260 g/mol. The Hall–Kier alpha value is -1.10. The van der Waals surface area contributed by atoms with Crippen LogP contribution < -0.4 is 4.90 Å². The second-order valence-electron chi connectivity index (χ2n) is 5.15. The van der Waals surface area contributed by atoms with E-state index in [1.165, 1.54) is 45.6 Å². The predicted molar refractivity (Wildman–Crippen MR) is 78.1 cm³/mol. The summed E-state index contributed by atoms with van der Waals surface area (Å²) in [7, 11) is 3.49. The normalized spacial score (nSPS) is 17.0. The van der Waals surface area contributed by atoms with Crippen LogP contribution in [0.1, 0.15) is 53.9 Å². The highest BCUT2D eigenvalue weighted by Gasteiger charge is 2.22. The Morgan fingerprint density at radius 3 is 2.53 bits per heavy atom. The fraction of sp³-hybridized carbons (Fsp3) is 0.714. The molecule has 0 N–H and O–H groups in total. The Balaban J connectivity index is 2.14. The number of aryl methyl sites for hydroxylation is 1. The van der Waals surface area contributed by atoms with Crippen molar-refractivity contribution in [2.45, 2.75) is 51.5 Å². The van der Waals surface area contributed by atoms with Crippen molar-refractivity contribution in [3.8, 4) is 0 Å². The van der Waals surface area contributed by atoms with E-state index >= 15 is 0 Å². The molecule has 1 aromatic heterocycles. The smallest absolute Gasteiger partial charge is 0.357 e. The monoisotopic (exact) mass is 282 g/mol.